The lowest BCUT2D eigenvalue weighted by Crippen LogP contribution is -2.31. The standard InChI is InChI=1S/C22H22ClN5OS/c1-12-8-9-17(13(2)10-12)25-20(29)18-14(3)24-21-26-22(30-4)27-28(21)19(18)15-6-5-7-16(23)11-15/h5-11,19H,1-4H3,(H,25,29)(H,24,26,27)/t19-/m0/s1. The van der Waals surface area contributed by atoms with Crippen molar-refractivity contribution in [2.75, 3.05) is 16.9 Å². The van der Waals surface area contributed by atoms with Crippen LogP contribution >= 0.6 is 23.4 Å². The van der Waals surface area contributed by atoms with E-state index in [2.05, 4.69) is 20.7 Å². The first-order valence-electron chi connectivity index (χ1n) is 9.49. The van der Waals surface area contributed by atoms with Crippen LogP contribution < -0.4 is 10.6 Å². The van der Waals surface area contributed by atoms with Gasteiger partial charge in [0.1, 0.15) is 6.04 Å². The Morgan fingerprint density at radius 3 is 2.70 bits per heavy atom. The highest BCUT2D eigenvalue weighted by atomic mass is 35.5. The average Bonchev–Trinajstić information content (AvgIpc) is 3.11. The predicted molar refractivity (Wildman–Crippen MR) is 122 cm³/mol. The van der Waals surface area contributed by atoms with Gasteiger partial charge in [-0.15, -0.1) is 5.10 Å². The first-order chi connectivity index (χ1) is 14.4. The normalized spacial score (nSPS) is 15.6. The van der Waals surface area contributed by atoms with Gasteiger partial charge in [0.15, 0.2) is 0 Å². The van der Waals surface area contributed by atoms with Crippen LogP contribution in [-0.4, -0.2) is 26.9 Å². The number of nitrogens with one attached hydrogen (secondary N) is 2. The monoisotopic (exact) mass is 439 g/mol. The zero-order valence-corrected chi connectivity index (χ0v) is 18.7. The van der Waals surface area contributed by atoms with Gasteiger partial charge in [-0.3, -0.25) is 4.79 Å². The topological polar surface area (TPSA) is 71.8 Å². The van der Waals surface area contributed by atoms with Gasteiger partial charge < -0.3 is 10.6 Å². The van der Waals surface area contributed by atoms with E-state index in [4.69, 9.17) is 11.6 Å². The summed E-state index contributed by atoms with van der Waals surface area (Å²) in [4.78, 5) is 18.0. The van der Waals surface area contributed by atoms with E-state index in [0.29, 0.717) is 21.7 Å². The lowest BCUT2D eigenvalue weighted by molar-refractivity contribution is -0.113. The van der Waals surface area contributed by atoms with Gasteiger partial charge in [-0.1, -0.05) is 53.2 Å². The third-order valence-corrected chi connectivity index (χ3v) is 5.83. The summed E-state index contributed by atoms with van der Waals surface area (Å²) in [6, 6.07) is 13.0. The number of halogens is 1. The average molecular weight is 440 g/mol. The smallest absolute Gasteiger partial charge is 0.255 e. The molecule has 30 heavy (non-hydrogen) atoms. The summed E-state index contributed by atoms with van der Waals surface area (Å²) < 4.78 is 1.75. The van der Waals surface area contributed by atoms with Crippen molar-refractivity contribution < 1.29 is 4.79 Å². The number of nitrogens with zero attached hydrogens (tertiary/aromatic N) is 3. The summed E-state index contributed by atoms with van der Waals surface area (Å²) in [5, 5.41) is 12.1. The Hall–Kier alpha value is -2.77. The highest BCUT2D eigenvalue weighted by Gasteiger charge is 2.34. The summed E-state index contributed by atoms with van der Waals surface area (Å²) in [7, 11) is 0. The molecule has 0 fully saturated rings. The molecule has 154 valence electrons. The lowest BCUT2D eigenvalue weighted by Gasteiger charge is -2.29. The number of aromatic nitrogens is 3. The summed E-state index contributed by atoms with van der Waals surface area (Å²) in [6.07, 6.45) is 1.92. The van der Waals surface area contributed by atoms with Gasteiger partial charge in [0.05, 0.1) is 5.57 Å². The molecule has 1 atom stereocenters. The van der Waals surface area contributed by atoms with Crippen LogP contribution in [0.25, 0.3) is 0 Å². The largest absolute Gasteiger partial charge is 0.328 e. The number of hydrogen-bond donors (Lipinski definition) is 2. The molecule has 1 amide bonds. The Morgan fingerprint density at radius 1 is 1.20 bits per heavy atom. The van der Waals surface area contributed by atoms with Crippen LogP contribution in [-0.2, 0) is 4.79 Å². The molecule has 0 saturated heterocycles. The van der Waals surface area contributed by atoms with Gasteiger partial charge in [-0.25, -0.2) is 4.68 Å². The first-order valence-corrected chi connectivity index (χ1v) is 11.1. The third kappa shape index (κ3) is 3.82. The van der Waals surface area contributed by atoms with E-state index < -0.39 is 6.04 Å². The Labute approximate surface area is 184 Å². The molecule has 0 saturated carbocycles. The third-order valence-electron chi connectivity index (χ3n) is 5.05. The van der Waals surface area contributed by atoms with Crippen molar-refractivity contribution in [1.29, 1.82) is 0 Å². The molecule has 2 aromatic carbocycles. The van der Waals surface area contributed by atoms with Gasteiger partial charge in [0.2, 0.25) is 11.1 Å². The fraction of sp³-hybridized carbons (Fsp3) is 0.227. The molecule has 1 aliphatic rings. The van der Waals surface area contributed by atoms with Gasteiger partial charge >= 0.3 is 0 Å². The molecule has 0 unspecified atom stereocenters. The molecule has 2 heterocycles. The molecule has 1 aromatic heterocycles. The van der Waals surface area contributed by atoms with E-state index in [1.165, 1.54) is 11.8 Å². The number of allylic oxidation sites excluding steroid dienone is 1. The number of benzene rings is 2. The van der Waals surface area contributed by atoms with E-state index >= 15 is 0 Å². The lowest BCUT2D eigenvalue weighted by atomic mass is 9.95. The van der Waals surface area contributed by atoms with Crippen molar-refractivity contribution in [3.05, 3.63) is 75.4 Å². The maximum absolute atomic E-state index is 13.5. The quantitative estimate of drug-likeness (QED) is 0.547. The molecular formula is C22H22ClN5OS. The molecule has 2 N–H and O–H groups in total. The number of carbonyl (C=O) groups is 1. The van der Waals surface area contributed by atoms with Crippen LogP contribution in [0.2, 0.25) is 5.02 Å². The fourth-order valence-corrected chi connectivity index (χ4v) is 4.19. The maximum atomic E-state index is 13.5. The number of amides is 1. The molecule has 0 radical (unpaired) electrons. The van der Waals surface area contributed by atoms with Crippen molar-refractivity contribution in [1.82, 2.24) is 14.8 Å². The van der Waals surface area contributed by atoms with Crippen LogP contribution in [0.3, 0.4) is 0 Å². The molecule has 0 aliphatic carbocycles. The molecule has 3 aromatic rings. The minimum atomic E-state index is -0.445. The number of hydrogen-bond acceptors (Lipinski definition) is 5. The Kier molecular flexibility index (Phi) is 5.58. The molecule has 6 nitrogen and oxygen atoms in total. The molecular weight excluding hydrogens is 418 g/mol. The van der Waals surface area contributed by atoms with Crippen LogP contribution in [0, 0.1) is 13.8 Å². The van der Waals surface area contributed by atoms with Gasteiger partial charge in [0, 0.05) is 16.4 Å². The number of carbonyl (C=O) groups excluding carboxylic acids is 1. The summed E-state index contributed by atoms with van der Waals surface area (Å²) >= 11 is 7.72. The second-order valence-corrected chi connectivity index (χ2v) is 8.47. The molecule has 0 spiro atoms. The number of thioether (sulfide) groups is 1. The summed E-state index contributed by atoms with van der Waals surface area (Å²) in [6.45, 7) is 5.89. The minimum absolute atomic E-state index is 0.191. The fourth-order valence-electron chi connectivity index (χ4n) is 3.64. The minimum Gasteiger partial charge on any atom is -0.328 e. The van der Waals surface area contributed by atoms with E-state index in [0.717, 1.165) is 28.1 Å². The zero-order valence-electron chi connectivity index (χ0n) is 17.2. The van der Waals surface area contributed by atoms with E-state index in [1.807, 2.05) is 69.5 Å². The molecule has 4 rings (SSSR count). The summed E-state index contributed by atoms with van der Waals surface area (Å²) in [5.74, 6) is 0.411. The second kappa shape index (κ2) is 8.16. The van der Waals surface area contributed by atoms with Crippen molar-refractivity contribution in [2.24, 2.45) is 0 Å². The van der Waals surface area contributed by atoms with Crippen LogP contribution in [0.1, 0.15) is 29.7 Å². The molecule has 1 aliphatic heterocycles. The van der Waals surface area contributed by atoms with E-state index in [-0.39, 0.29) is 5.91 Å². The zero-order chi connectivity index (χ0) is 21.4. The Balaban J connectivity index is 1.79. The summed E-state index contributed by atoms with van der Waals surface area (Å²) in [5.41, 5.74) is 5.11. The van der Waals surface area contributed by atoms with E-state index in [1.54, 1.807) is 4.68 Å². The molecule has 0 bridgehead atoms. The highest BCUT2D eigenvalue weighted by Crippen LogP contribution is 2.37. The van der Waals surface area contributed by atoms with Crippen LogP contribution in [0.5, 0.6) is 0 Å². The number of anilines is 2. The number of fused-ring (bicyclic) bond motifs is 1. The van der Waals surface area contributed by atoms with Crippen LogP contribution in [0.15, 0.2) is 58.9 Å². The maximum Gasteiger partial charge on any atom is 0.255 e. The van der Waals surface area contributed by atoms with Crippen molar-refractivity contribution in [3.63, 3.8) is 0 Å². The predicted octanol–water partition coefficient (Wildman–Crippen LogP) is 5.20. The van der Waals surface area contributed by atoms with Gasteiger partial charge in [-0.05, 0) is 56.4 Å². The number of rotatable bonds is 4. The highest BCUT2D eigenvalue weighted by molar-refractivity contribution is 7.98. The molecule has 8 heteroatoms. The van der Waals surface area contributed by atoms with Crippen molar-refractivity contribution in [3.8, 4) is 0 Å². The SMILES string of the molecule is CSc1nc2n(n1)[C@@H](c1cccc(Cl)c1)C(C(=O)Nc1ccc(C)cc1C)=C(C)N2. The first kappa shape index (κ1) is 20.5. The Bertz CT molecular complexity index is 1170. The van der Waals surface area contributed by atoms with E-state index in [9.17, 15) is 4.79 Å². The van der Waals surface area contributed by atoms with Crippen LogP contribution in [0.4, 0.5) is 11.6 Å². The Morgan fingerprint density at radius 2 is 2.00 bits per heavy atom. The van der Waals surface area contributed by atoms with Gasteiger partial charge in [-0.2, -0.15) is 4.98 Å². The van der Waals surface area contributed by atoms with Crippen molar-refractivity contribution in [2.45, 2.75) is 32.0 Å². The number of aryl methyl sites for hydroxylation is 2. The van der Waals surface area contributed by atoms with Crippen molar-refractivity contribution >= 4 is 40.9 Å². The second-order valence-electron chi connectivity index (χ2n) is 7.26. The van der Waals surface area contributed by atoms with Gasteiger partial charge in [0.25, 0.3) is 5.91 Å².